The summed E-state index contributed by atoms with van der Waals surface area (Å²) in [6.07, 6.45) is 0. The molecule has 2 aromatic heterocycles. The molecule has 4 rings (SSSR count). The van der Waals surface area contributed by atoms with Gasteiger partial charge in [-0.15, -0.1) is 0 Å². The van der Waals surface area contributed by atoms with E-state index in [-0.39, 0.29) is 17.2 Å². The van der Waals surface area contributed by atoms with E-state index >= 15 is 0 Å². The molecule has 0 bridgehead atoms. The van der Waals surface area contributed by atoms with E-state index in [0.29, 0.717) is 28.4 Å². The van der Waals surface area contributed by atoms with Gasteiger partial charge in [0.1, 0.15) is 5.52 Å². The minimum atomic E-state index is -0.179. The number of aromatic nitrogens is 3. The second-order valence-corrected chi connectivity index (χ2v) is 8.08. The van der Waals surface area contributed by atoms with Gasteiger partial charge in [-0.1, -0.05) is 59.8 Å². The molecule has 0 unspecified atom stereocenters. The molecule has 0 atom stereocenters. The van der Waals surface area contributed by atoms with Gasteiger partial charge in [-0.05, 0) is 37.6 Å². The second kappa shape index (κ2) is 8.59. The molecule has 0 saturated heterocycles. The van der Waals surface area contributed by atoms with Crippen LogP contribution < -0.4 is 10.9 Å². The Hall–Kier alpha value is -3.32. The maximum absolute atomic E-state index is 13.1. The molecule has 2 N–H and O–H groups in total. The largest absolute Gasteiger partial charge is 0.353 e. The maximum Gasteiger partial charge on any atom is 0.283 e. The zero-order chi connectivity index (χ0) is 21.1. The number of carbonyl (C=O) groups excluding carboxylic acids is 1. The number of rotatable bonds is 6. The maximum atomic E-state index is 13.1. The number of H-pyrrole nitrogens is 1. The lowest BCUT2D eigenvalue weighted by atomic mass is 10.1. The molecule has 0 aliphatic heterocycles. The molecule has 30 heavy (non-hydrogen) atoms. The summed E-state index contributed by atoms with van der Waals surface area (Å²) in [5.74, 6) is 0.0562. The molecular formula is C23H22N4O2S. The topological polar surface area (TPSA) is 79.8 Å². The van der Waals surface area contributed by atoms with E-state index < -0.39 is 0 Å². The third-order valence-corrected chi connectivity index (χ3v) is 5.61. The van der Waals surface area contributed by atoms with E-state index in [1.807, 2.05) is 74.5 Å². The number of hydrogen-bond donors (Lipinski definition) is 2. The number of benzene rings is 2. The number of carbonyl (C=O) groups is 1. The van der Waals surface area contributed by atoms with Crippen molar-refractivity contribution >= 4 is 28.7 Å². The van der Waals surface area contributed by atoms with Crippen molar-refractivity contribution < 1.29 is 4.79 Å². The second-order valence-electron chi connectivity index (χ2n) is 7.14. The van der Waals surface area contributed by atoms with Crippen molar-refractivity contribution in [3.05, 3.63) is 87.8 Å². The van der Waals surface area contributed by atoms with E-state index in [1.165, 1.54) is 11.8 Å². The first-order valence-corrected chi connectivity index (χ1v) is 10.6. The first-order valence-electron chi connectivity index (χ1n) is 9.64. The van der Waals surface area contributed by atoms with Crippen LogP contribution in [0.2, 0.25) is 0 Å². The molecule has 0 spiro atoms. The lowest BCUT2D eigenvalue weighted by molar-refractivity contribution is -0.118. The summed E-state index contributed by atoms with van der Waals surface area (Å²) in [6.45, 7) is 4.38. The average Bonchev–Trinajstić information content (AvgIpc) is 3.12. The Morgan fingerprint density at radius 3 is 2.67 bits per heavy atom. The molecule has 152 valence electrons. The minimum Gasteiger partial charge on any atom is -0.353 e. The summed E-state index contributed by atoms with van der Waals surface area (Å²) in [7, 11) is 0. The third-order valence-electron chi connectivity index (χ3n) is 4.67. The van der Waals surface area contributed by atoms with Crippen molar-refractivity contribution in [1.29, 1.82) is 0 Å². The quantitative estimate of drug-likeness (QED) is 0.369. The lowest BCUT2D eigenvalue weighted by Gasteiger charge is -2.12. The Kier molecular flexibility index (Phi) is 5.72. The van der Waals surface area contributed by atoms with Crippen LogP contribution in [0.15, 0.2) is 70.6 Å². The van der Waals surface area contributed by atoms with Crippen molar-refractivity contribution in [2.24, 2.45) is 0 Å². The molecule has 0 radical (unpaired) electrons. The summed E-state index contributed by atoms with van der Waals surface area (Å²) in [5, 5.41) is 3.42. The highest BCUT2D eigenvalue weighted by Crippen LogP contribution is 2.21. The van der Waals surface area contributed by atoms with Crippen molar-refractivity contribution in [3.8, 4) is 5.69 Å². The Labute approximate surface area is 178 Å². The fourth-order valence-corrected chi connectivity index (χ4v) is 4.13. The zero-order valence-corrected chi connectivity index (χ0v) is 17.6. The van der Waals surface area contributed by atoms with Gasteiger partial charge >= 0.3 is 0 Å². The number of aromatic amines is 1. The van der Waals surface area contributed by atoms with E-state index in [1.54, 1.807) is 4.57 Å². The normalized spacial score (nSPS) is 11.0. The molecular weight excluding hydrogens is 396 g/mol. The minimum absolute atomic E-state index is 0.110. The van der Waals surface area contributed by atoms with E-state index in [4.69, 9.17) is 0 Å². The number of nitrogens with zero attached hydrogens (tertiary/aromatic N) is 2. The van der Waals surface area contributed by atoms with Crippen LogP contribution in [0.1, 0.15) is 16.8 Å². The molecule has 0 aliphatic rings. The molecule has 6 nitrogen and oxygen atoms in total. The number of aryl methyl sites for hydroxylation is 2. The standard InChI is InChI=1S/C23H22N4O2S/c1-15-7-6-8-17(11-15)13-24-20(28)14-30-23-26-19-12-16(2)25-21(19)22(29)27(23)18-9-4-3-5-10-18/h3-12,25H,13-14H2,1-2H3,(H,24,28). The lowest BCUT2D eigenvalue weighted by Crippen LogP contribution is -2.26. The zero-order valence-electron chi connectivity index (χ0n) is 16.8. The Bertz CT molecular complexity index is 1260. The van der Waals surface area contributed by atoms with Gasteiger partial charge in [0.15, 0.2) is 5.16 Å². The van der Waals surface area contributed by atoms with Gasteiger partial charge in [-0.25, -0.2) is 4.98 Å². The van der Waals surface area contributed by atoms with E-state index in [2.05, 4.69) is 15.3 Å². The molecule has 1 amide bonds. The van der Waals surface area contributed by atoms with Crippen molar-refractivity contribution in [3.63, 3.8) is 0 Å². The first-order chi connectivity index (χ1) is 14.5. The Balaban J connectivity index is 1.57. The predicted octanol–water partition coefficient (Wildman–Crippen LogP) is 3.74. The smallest absolute Gasteiger partial charge is 0.283 e. The molecule has 2 heterocycles. The van der Waals surface area contributed by atoms with Crippen LogP contribution in [0.25, 0.3) is 16.7 Å². The molecule has 0 saturated carbocycles. The summed E-state index contributed by atoms with van der Waals surface area (Å²) >= 11 is 1.25. The number of hydrogen-bond acceptors (Lipinski definition) is 4. The summed E-state index contributed by atoms with van der Waals surface area (Å²) in [5.41, 5.74) is 4.68. The predicted molar refractivity (Wildman–Crippen MR) is 120 cm³/mol. The number of para-hydroxylation sites is 1. The van der Waals surface area contributed by atoms with Gasteiger partial charge in [0.25, 0.3) is 5.56 Å². The number of amides is 1. The monoisotopic (exact) mass is 418 g/mol. The van der Waals surface area contributed by atoms with Gasteiger partial charge in [0.2, 0.25) is 5.91 Å². The SMILES string of the molecule is Cc1cccc(CNC(=O)CSc2nc3cc(C)[nH]c3c(=O)n2-c2ccccc2)c1. The van der Waals surface area contributed by atoms with Crippen LogP contribution in [-0.2, 0) is 11.3 Å². The summed E-state index contributed by atoms with van der Waals surface area (Å²) in [6, 6.07) is 19.2. The van der Waals surface area contributed by atoms with Crippen LogP contribution in [-0.4, -0.2) is 26.2 Å². The van der Waals surface area contributed by atoms with E-state index in [9.17, 15) is 9.59 Å². The van der Waals surface area contributed by atoms with Crippen LogP contribution in [0.5, 0.6) is 0 Å². The van der Waals surface area contributed by atoms with Gasteiger partial charge in [-0.2, -0.15) is 0 Å². The highest BCUT2D eigenvalue weighted by molar-refractivity contribution is 7.99. The van der Waals surface area contributed by atoms with Crippen LogP contribution >= 0.6 is 11.8 Å². The average molecular weight is 419 g/mol. The Morgan fingerprint density at radius 1 is 1.10 bits per heavy atom. The van der Waals surface area contributed by atoms with Gasteiger partial charge in [-0.3, -0.25) is 14.2 Å². The van der Waals surface area contributed by atoms with Crippen LogP contribution in [0.3, 0.4) is 0 Å². The molecule has 4 aromatic rings. The molecule has 7 heteroatoms. The van der Waals surface area contributed by atoms with Gasteiger partial charge < -0.3 is 10.3 Å². The fourth-order valence-electron chi connectivity index (χ4n) is 3.28. The van der Waals surface area contributed by atoms with Crippen molar-refractivity contribution in [2.45, 2.75) is 25.5 Å². The Morgan fingerprint density at radius 2 is 1.90 bits per heavy atom. The number of nitrogens with one attached hydrogen (secondary N) is 2. The number of thioether (sulfide) groups is 1. The number of fused-ring (bicyclic) bond motifs is 1. The molecule has 2 aromatic carbocycles. The van der Waals surface area contributed by atoms with E-state index in [0.717, 1.165) is 16.8 Å². The summed E-state index contributed by atoms with van der Waals surface area (Å²) in [4.78, 5) is 33.3. The first kappa shape index (κ1) is 20.0. The highest BCUT2D eigenvalue weighted by atomic mass is 32.2. The fraction of sp³-hybridized carbons (Fsp3) is 0.174. The van der Waals surface area contributed by atoms with Gasteiger partial charge in [0.05, 0.1) is 17.0 Å². The van der Waals surface area contributed by atoms with Crippen LogP contribution in [0.4, 0.5) is 0 Å². The third kappa shape index (κ3) is 4.31. The molecule has 0 fully saturated rings. The molecule has 0 aliphatic carbocycles. The van der Waals surface area contributed by atoms with Gasteiger partial charge in [0, 0.05) is 12.2 Å². The van der Waals surface area contributed by atoms with Crippen LogP contribution in [0, 0.1) is 13.8 Å². The van der Waals surface area contributed by atoms with Crippen molar-refractivity contribution in [1.82, 2.24) is 19.9 Å². The highest BCUT2D eigenvalue weighted by Gasteiger charge is 2.16. The van der Waals surface area contributed by atoms with Crippen molar-refractivity contribution in [2.75, 3.05) is 5.75 Å². The summed E-state index contributed by atoms with van der Waals surface area (Å²) < 4.78 is 1.55.